The molecule has 1 aliphatic heterocycles. The molecule has 1 aromatic carbocycles. The number of aromatic nitrogens is 1. The minimum atomic E-state index is -0.385. The van der Waals surface area contributed by atoms with Crippen LogP contribution in [0, 0.1) is 0 Å². The monoisotopic (exact) mass is 276 g/mol. The maximum Gasteiger partial charge on any atom is 0.420 e. The SMILES string of the molecule is CC(C)n1c(=O)oc2cc(N3C[C@H](C)OC3=O)ccc21. The first-order valence-corrected chi connectivity index (χ1v) is 6.60. The van der Waals surface area contributed by atoms with Gasteiger partial charge in [0.05, 0.1) is 17.7 Å². The summed E-state index contributed by atoms with van der Waals surface area (Å²) in [6.07, 6.45) is -0.507. The lowest BCUT2D eigenvalue weighted by Gasteiger charge is -2.12. The molecule has 0 saturated carbocycles. The van der Waals surface area contributed by atoms with Gasteiger partial charge >= 0.3 is 11.8 Å². The number of carbonyl (C=O) groups is 1. The van der Waals surface area contributed by atoms with Crippen molar-refractivity contribution in [3.63, 3.8) is 0 Å². The number of cyclic esters (lactones) is 1. The molecule has 1 saturated heterocycles. The van der Waals surface area contributed by atoms with Crippen LogP contribution in [0.1, 0.15) is 26.8 Å². The van der Waals surface area contributed by atoms with Crippen molar-refractivity contribution < 1.29 is 13.9 Å². The van der Waals surface area contributed by atoms with Crippen molar-refractivity contribution in [2.75, 3.05) is 11.4 Å². The fourth-order valence-corrected chi connectivity index (χ4v) is 2.50. The maximum absolute atomic E-state index is 11.8. The fraction of sp³-hybridized carbons (Fsp3) is 0.429. The normalized spacial score (nSPS) is 19.1. The van der Waals surface area contributed by atoms with E-state index in [1.165, 1.54) is 4.90 Å². The summed E-state index contributed by atoms with van der Waals surface area (Å²) >= 11 is 0. The molecule has 0 aliphatic carbocycles. The Morgan fingerprint density at radius 1 is 1.30 bits per heavy atom. The minimum absolute atomic E-state index is 0.0198. The number of benzene rings is 1. The smallest absolute Gasteiger partial charge is 0.420 e. The summed E-state index contributed by atoms with van der Waals surface area (Å²) in [4.78, 5) is 25.1. The van der Waals surface area contributed by atoms with Crippen molar-refractivity contribution in [1.29, 1.82) is 0 Å². The van der Waals surface area contributed by atoms with Gasteiger partial charge in [-0.2, -0.15) is 0 Å². The van der Waals surface area contributed by atoms with E-state index in [4.69, 9.17) is 9.15 Å². The molecule has 1 aromatic heterocycles. The third-order valence-corrected chi connectivity index (χ3v) is 3.39. The Kier molecular flexibility index (Phi) is 2.81. The second-order valence-electron chi connectivity index (χ2n) is 5.29. The first-order valence-electron chi connectivity index (χ1n) is 6.60. The first kappa shape index (κ1) is 12.8. The highest BCUT2D eigenvalue weighted by molar-refractivity contribution is 5.92. The van der Waals surface area contributed by atoms with Crippen LogP contribution >= 0.6 is 0 Å². The first-order chi connectivity index (χ1) is 9.47. The number of hydrogen-bond donors (Lipinski definition) is 0. The van der Waals surface area contributed by atoms with Crippen LogP contribution in [-0.2, 0) is 4.74 Å². The second-order valence-corrected chi connectivity index (χ2v) is 5.29. The van der Waals surface area contributed by atoms with E-state index in [0.29, 0.717) is 17.8 Å². The largest absolute Gasteiger partial charge is 0.444 e. The molecule has 106 valence electrons. The van der Waals surface area contributed by atoms with Gasteiger partial charge in [0.2, 0.25) is 0 Å². The summed E-state index contributed by atoms with van der Waals surface area (Å²) in [6, 6.07) is 5.32. The van der Waals surface area contributed by atoms with Crippen LogP contribution in [0.15, 0.2) is 27.4 Å². The van der Waals surface area contributed by atoms with E-state index in [1.807, 2.05) is 20.8 Å². The summed E-state index contributed by atoms with van der Waals surface area (Å²) in [6.45, 7) is 6.18. The standard InChI is InChI=1S/C14H16N2O4/c1-8(2)16-11-5-4-10(6-12(11)20-14(16)18)15-7-9(3)19-13(15)17/h4-6,8-9H,7H2,1-3H3/t9-/m0/s1. The molecule has 0 bridgehead atoms. The third kappa shape index (κ3) is 1.88. The van der Waals surface area contributed by atoms with Gasteiger partial charge in [-0.05, 0) is 32.9 Å². The molecular formula is C14H16N2O4. The quantitative estimate of drug-likeness (QED) is 0.845. The summed E-state index contributed by atoms with van der Waals surface area (Å²) in [5.74, 6) is -0.385. The molecule has 1 amide bonds. The molecule has 0 radical (unpaired) electrons. The zero-order chi connectivity index (χ0) is 14.4. The molecule has 6 heteroatoms. The number of fused-ring (bicyclic) bond motifs is 1. The fourth-order valence-electron chi connectivity index (χ4n) is 2.50. The molecule has 1 fully saturated rings. The van der Waals surface area contributed by atoms with Gasteiger partial charge in [0.15, 0.2) is 5.58 Å². The number of rotatable bonds is 2. The molecular weight excluding hydrogens is 260 g/mol. The van der Waals surface area contributed by atoms with Crippen molar-refractivity contribution >= 4 is 22.9 Å². The summed E-state index contributed by atoms with van der Waals surface area (Å²) < 4.78 is 11.9. The highest BCUT2D eigenvalue weighted by Gasteiger charge is 2.29. The Hall–Kier alpha value is -2.24. The number of nitrogens with zero attached hydrogens (tertiary/aromatic N) is 2. The lowest BCUT2D eigenvalue weighted by molar-refractivity contribution is 0.150. The maximum atomic E-state index is 11.8. The van der Waals surface area contributed by atoms with Gasteiger partial charge in [0, 0.05) is 12.1 Å². The minimum Gasteiger partial charge on any atom is -0.444 e. The highest BCUT2D eigenvalue weighted by atomic mass is 16.6. The van der Waals surface area contributed by atoms with Gasteiger partial charge in [0.1, 0.15) is 6.10 Å². The van der Waals surface area contributed by atoms with Gasteiger partial charge in [0.25, 0.3) is 0 Å². The van der Waals surface area contributed by atoms with Crippen molar-refractivity contribution in [3.8, 4) is 0 Å². The third-order valence-electron chi connectivity index (χ3n) is 3.39. The topological polar surface area (TPSA) is 64.7 Å². The molecule has 1 aliphatic rings. The lowest BCUT2D eigenvalue weighted by atomic mass is 10.2. The predicted molar refractivity (Wildman–Crippen MR) is 74.1 cm³/mol. The Morgan fingerprint density at radius 3 is 2.65 bits per heavy atom. The van der Waals surface area contributed by atoms with Gasteiger partial charge in [-0.3, -0.25) is 9.47 Å². The van der Waals surface area contributed by atoms with Crippen LogP contribution in [0.2, 0.25) is 0 Å². The van der Waals surface area contributed by atoms with Crippen LogP contribution in [0.5, 0.6) is 0 Å². The van der Waals surface area contributed by atoms with Gasteiger partial charge in [-0.1, -0.05) is 0 Å². The van der Waals surface area contributed by atoms with Crippen molar-refractivity contribution in [2.24, 2.45) is 0 Å². The predicted octanol–water partition coefficient (Wildman–Crippen LogP) is 2.52. The van der Waals surface area contributed by atoms with E-state index in [0.717, 1.165) is 5.52 Å². The summed E-state index contributed by atoms with van der Waals surface area (Å²) in [5, 5.41) is 0. The molecule has 0 unspecified atom stereocenters. The lowest BCUT2D eigenvalue weighted by Crippen LogP contribution is -2.23. The molecule has 3 rings (SSSR count). The van der Waals surface area contributed by atoms with E-state index in [-0.39, 0.29) is 24.0 Å². The molecule has 0 N–H and O–H groups in total. The van der Waals surface area contributed by atoms with Gasteiger partial charge < -0.3 is 9.15 Å². The molecule has 2 aromatic rings. The molecule has 20 heavy (non-hydrogen) atoms. The number of amides is 1. The van der Waals surface area contributed by atoms with Crippen LogP contribution in [0.25, 0.3) is 11.1 Å². The van der Waals surface area contributed by atoms with Gasteiger partial charge in [-0.15, -0.1) is 0 Å². The van der Waals surface area contributed by atoms with Gasteiger partial charge in [-0.25, -0.2) is 9.59 Å². The number of oxazole rings is 1. The average Bonchev–Trinajstić information content (AvgIpc) is 2.86. The van der Waals surface area contributed by atoms with Crippen molar-refractivity contribution in [1.82, 2.24) is 4.57 Å². The molecule has 0 spiro atoms. The Balaban J connectivity index is 2.08. The highest BCUT2D eigenvalue weighted by Crippen LogP contribution is 2.26. The number of anilines is 1. The van der Waals surface area contributed by atoms with Crippen LogP contribution < -0.4 is 10.7 Å². The van der Waals surface area contributed by atoms with E-state index >= 15 is 0 Å². The van der Waals surface area contributed by atoms with E-state index in [1.54, 1.807) is 22.8 Å². The molecule has 2 heterocycles. The van der Waals surface area contributed by atoms with Crippen LogP contribution in [0.4, 0.5) is 10.5 Å². The number of carbonyl (C=O) groups excluding carboxylic acids is 1. The number of hydrogen-bond acceptors (Lipinski definition) is 4. The zero-order valence-electron chi connectivity index (χ0n) is 11.6. The summed E-state index contributed by atoms with van der Waals surface area (Å²) in [7, 11) is 0. The van der Waals surface area contributed by atoms with Crippen LogP contribution in [0.3, 0.4) is 0 Å². The van der Waals surface area contributed by atoms with Crippen molar-refractivity contribution in [3.05, 3.63) is 28.7 Å². The van der Waals surface area contributed by atoms with E-state index in [2.05, 4.69) is 0 Å². The second kappa shape index (κ2) is 4.40. The average molecular weight is 276 g/mol. The number of ether oxygens (including phenoxy) is 1. The Bertz CT molecular complexity index is 728. The summed E-state index contributed by atoms with van der Waals surface area (Å²) in [5.41, 5.74) is 1.89. The zero-order valence-corrected chi connectivity index (χ0v) is 11.6. The molecule has 1 atom stereocenters. The Labute approximate surface area is 115 Å². The Morgan fingerprint density at radius 2 is 2.05 bits per heavy atom. The van der Waals surface area contributed by atoms with Crippen LogP contribution in [-0.4, -0.2) is 23.3 Å². The molecule has 6 nitrogen and oxygen atoms in total. The van der Waals surface area contributed by atoms with Crippen molar-refractivity contribution in [2.45, 2.75) is 32.9 Å². The van der Waals surface area contributed by atoms with E-state index in [9.17, 15) is 9.59 Å². The van der Waals surface area contributed by atoms with E-state index < -0.39 is 0 Å².